The average Bonchev–Trinajstić information content (AvgIpc) is 2.88. The number of phenols is 1. The Balaban J connectivity index is 0.00000225. The molecule has 1 saturated carbocycles. The fourth-order valence-corrected chi connectivity index (χ4v) is 4.06. The number of aromatic hydroxyl groups is 1. The average molecular weight is 367 g/mol. The first-order chi connectivity index (χ1) is 11.6. The summed E-state index contributed by atoms with van der Waals surface area (Å²) in [6.07, 6.45) is 5.92. The van der Waals surface area contributed by atoms with Gasteiger partial charge in [-0.15, -0.1) is 12.4 Å². The molecular formula is C19H27ClN2O3. The Hall–Kier alpha value is -1.72. The molecular weight excluding hydrogens is 340 g/mol. The monoisotopic (exact) mass is 366 g/mol. The number of ether oxygens (including phenoxy) is 1. The Bertz CT molecular complexity index is 764. The van der Waals surface area contributed by atoms with Crippen LogP contribution in [-0.2, 0) is 11.3 Å². The van der Waals surface area contributed by atoms with Crippen molar-refractivity contribution in [1.29, 1.82) is 0 Å². The molecule has 25 heavy (non-hydrogen) atoms. The van der Waals surface area contributed by atoms with Gasteiger partial charge in [0.25, 0.3) is 0 Å². The molecule has 5 nitrogen and oxygen atoms in total. The van der Waals surface area contributed by atoms with Gasteiger partial charge in [0.1, 0.15) is 5.75 Å². The molecule has 6 heteroatoms. The molecule has 0 radical (unpaired) electrons. The minimum absolute atomic E-state index is 0. The van der Waals surface area contributed by atoms with Crippen LogP contribution in [0.5, 0.6) is 5.75 Å². The maximum atomic E-state index is 12.6. The molecule has 3 rings (SSSR count). The zero-order chi connectivity index (χ0) is 17.3. The van der Waals surface area contributed by atoms with Gasteiger partial charge >= 0.3 is 5.97 Å². The third-order valence-corrected chi connectivity index (χ3v) is 5.12. The van der Waals surface area contributed by atoms with Crippen LogP contribution in [0.4, 0.5) is 0 Å². The topological polar surface area (TPSA) is 77.5 Å². The number of halogens is 1. The van der Waals surface area contributed by atoms with E-state index in [9.17, 15) is 9.90 Å². The SMILES string of the molecule is CCOC(=O)c1c(C)n(C2CCCCC2)c2ccc(O)c(CN)c12.Cl. The molecule has 0 atom stereocenters. The Labute approximate surface area is 154 Å². The zero-order valence-electron chi connectivity index (χ0n) is 14.9. The summed E-state index contributed by atoms with van der Waals surface area (Å²) in [5.41, 5.74) is 8.93. The lowest BCUT2D eigenvalue weighted by molar-refractivity contribution is 0.0527. The predicted octanol–water partition coefficient (Wildman–Crippen LogP) is 4.22. The zero-order valence-corrected chi connectivity index (χ0v) is 15.7. The minimum atomic E-state index is -0.338. The normalized spacial score (nSPS) is 15.2. The predicted molar refractivity (Wildman–Crippen MR) is 102 cm³/mol. The number of carbonyl (C=O) groups is 1. The number of fused-ring (bicyclic) bond motifs is 1. The summed E-state index contributed by atoms with van der Waals surface area (Å²) in [6.45, 7) is 4.28. The Kier molecular flexibility index (Phi) is 6.36. The molecule has 138 valence electrons. The lowest BCUT2D eigenvalue weighted by Crippen LogP contribution is -2.15. The lowest BCUT2D eigenvalue weighted by atomic mass is 9.95. The number of phenolic OH excluding ortho intramolecular Hbond substituents is 1. The van der Waals surface area contributed by atoms with Crippen molar-refractivity contribution >= 4 is 29.3 Å². The van der Waals surface area contributed by atoms with E-state index in [-0.39, 0.29) is 30.7 Å². The molecule has 0 amide bonds. The first-order valence-electron chi connectivity index (χ1n) is 8.82. The molecule has 1 heterocycles. The second-order valence-electron chi connectivity index (χ2n) is 6.50. The number of carbonyl (C=O) groups excluding carboxylic acids is 1. The molecule has 0 unspecified atom stereocenters. The molecule has 1 aromatic carbocycles. The first-order valence-corrected chi connectivity index (χ1v) is 8.82. The van der Waals surface area contributed by atoms with Crippen LogP contribution in [0.3, 0.4) is 0 Å². The fraction of sp³-hybridized carbons (Fsp3) is 0.526. The van der Waals surface area contributed by atoms with Gasteiger partial charge in [-0.2, -0.15) is 0 Å². The Morgan fingerprint density at radius 1 is 1.32 bits per heavy atom. The van der Waals surface area contributed by atoms with Crippen LogP contribution in [0.1, 0.15) is 66.7 Å². The maximum absolute atomic E-state index is 12.6. The van der Waals surface area contributed by atoms with Crippen LogP contribution < -0.4 is 5.73 Å². The van der Waals surface area contributed by atoms with Crippen LogP contribution in [0.25, 0.3) is 10.9 Å². The number of nitrogens with two attached hydrogens (primary N) is 1. The first kappa shape index (κ1) is 19.6. The van der Waals surface area contributed by atoms with Gasteiger partial charge in [-0.05, 0) is 38.8 Å². The van der Waals surface area contributed by atoms with Gasteiger partial charge in [0.15, 0.2) is 0 Å². The van der Waals surface area contributed by atoms with E-state index in [0.717, 1.165) is 29.4 Å². The molecule has 2 aromatic rings. The summed E-state index contributed by atoms with van der Waals surface area (Å²) >= 11 is 0. The van der Waals surface area contributed by atoms with Crippen LogP contribution in [-0.4, -0.2) is 22.2 Å². The highest BCUT2D eigenvalue weighted by atomic mass is 35.5. The van der Waals surface area contributed by atoms with E-state index < -0.39 is 0 Å². The van der Waals surface area contributed by atoms with Crippen molar-refractivity contribution in [1.82, 2.24) is 4.57 Å². The summed E-state index contributed by atoms with van der Waals surface area (Å²) in [5.74, 6) is -0.203. The number of hydrogen-bond acceptors (Lipinski definition) is 4. The maximum Gasteiger partial charge on any atom is 0.340 e. The molecule has 0 saturated heterocycles. The quantitative estimate of drug-likeness (QED) is 0.794. The van der Waals surface area contributed by atoms with Gasteiger partial charge in [0.05, 0.1) is 12.2 Å². The number of aromatic nitrogens is 1. The second-order valence-corrected chi connectivity index (χ2v) is 6.50. The molecule has 1 aliphatic carbocycles. The number of hydrogen-bond donors (Lipinski definition) is 2. The van der Waals surface area contributed by atoms with Crippen molar-refractivity contribution < 1.29 is 14.6 Å². The fourth-order valence-electron chi connectivity index (χ4n) is 4.06. The summed E-state index contributed by atoms with van der Waals surface area (Å²) in [6, 6.07) is 3.96. The van der Waals surface area contributed by atoms with Crippen molar-refractivity contribution in [3.8, 4) is 5.75 Å². The van der Waals surface area contributed by atoms with Crippen molar-refractivity contribution in [3.05, 3.63) is 29.0 Å². The third-order valence-electron chi connectivity index (χ3n) is 5.12. The van der Waals surface area contributed by atoms with Crippen LogP contribution in [0.2, 0.25) is 0 Å². The molecule has 0 bridgehead atoms. The van der Waals surface area contributed by atoms with E-state index >= 15 is 0 Å². The van der Waals surface area contributed by atoms with Crippen molar-refractivity contribution in [2.24, 2.45) is 5.73 Å². The number of benzene rings is 1. The van der Waals surface area contributed by atoms with Crippen molar-refractivity contribution in [2.75, 3.05) is 6.61 Å². The summed E-state index contributed by atoms with van der Waals surface area (Å²) in [4.78, 5) is 12.6. The largest absolute Gasteiger partial charge is 0.508 e. The van der Waals surface area contributed by atoms with Gasteiger partial charge in [0.2, 0.25) is 0 Å². The molecule has 0 spiro atoms. The van der Waals surface area contributed by atoms with Gasteiger partial charge < -0.3 is 20.1 Å². The van der Waals surface area contributed by atoms with Gasteiger partial charge in [-0.3, -0.25) is 0 Å². The highest BCUT2D eigenvalue weighted by molar-refractivity contribution is 6.08. The van der Waals surface area contributed by atoms with E-state index in [1.54, 1.807) is 13.0 Å². The molecule has 3 N–H and O–H groups in total. The molecule has 1 aromatic heterocycles. The van der Waals surface area contributed by atoms with E-state index in [1.165, 1.54) is 19.3 Å². The minimum Gasteiger partial charge on any atom is -0.508 e. The Morgan fingerprint density at radius 3 is 2.60 bits per heavy atom. The number of nitrogens with zero attached hydrogens (tertiary/aromatic N) is 1. The standard InChI is InChI=1S/C19H26N2O3.ClH/c1-3-24-19(23)17-12(2)21(13-7-5-4-6-8-13)15-9-10-16(22)14(11-20)18(15)17;/h9-10,13,22H,3-8,11,20H2,1-2H3;1H. The smallest absolute Gasteiger partial charge is 0.340 e. The number of esters is 1. The summed E-state index contributed by atoms with van der Waals surface area (Å²) in [7, 11) is 0. The molecule has 1 fully saturated rings. The van der Waals surface area contributed by atoms with E-state index in [0.29, 0.717) is 23.8 Å². The highest BCUT2D eigenvalue weighted by Gasteiger charge is 2.28. The highest BCUT2D eigenvalue weighted by Crippen LogP contribution is 2.39. The van der Waals surface area contributed by atoms with Gasteiger partial charge in [0, 0.05) is 34.7 Å². The van der Waals surface area contributed by atoms with Crippen molar-refractivity contribution in [2.45, 2.75) is 58.5 Å². The Morgan fingerprint density at radius 2 is 2.00 bits per heavy atom. The number of rotatable bonds is 4. The lowest BCUT2D eigenvalue weighted by Gasteiger charge is -2.26. The summed E-state index contributed by atoms with van der Waals surface area (Å²) in [5, 5.41) is 11.0. The van der Waals surface area contributed by atoms with Gasteiger partial charge in [-0.1, -0.05) is 19.3 Å². The second kappa shape index (κ2) is 8.11. The molecule has 0 aliphatic heterocycles. The summed E-state index contributed by atoms with van der Waals surface area (Å²) < 4.78 is 7.55. The van der Waals surface area contributed by atoms with E-state index in [2.05, 4.69) is 4.57 Å². The van der Waals surface area contributed by atoms with Crippen LogP contribution >= 0.6 is 12.4 Å². The third kappa shape index (κ3) is 3.35. The van der Waals surface area contributed by atoms with Crippen molar-refractivity contribution in [3.63, 3.8) is 0 Å². The van der Waals surface area contributed by atoms with E-state index in [4.69, 9.17) is 10.5 Å². The van der Waals surface area contributed by atoms with E-state index in [1.807, 2.05) is 13.0 Å². The van der Waals surface area contributed by atoms with Gasteiger partial charge in [-0.25, -0.2) is 4.79 Å². The van der Waals surface area contributed by atoms with Crippen LogP contribution in [0.15, 0.2) is 12.1 Å². The van der Waals surface area contributed by atoms with Crippen LogP contribution in [0, 0.1) is 6.92 Å². The molecule has 1 aliphatic rings.